The van der Waals surface area contributed by atoms with Crippen LogP contribution in [0.3, 0.4) is 0 Å². The van der Waals surface area contributed by atoms with Gasteiger partial charge in [0.1, 0.15) is 11.5 Å². The van der Waals surface area contributed by atoms with Gasteiger partial charge in [-0.15, -0.1) is 11.3 Å². The summed E-state index contributed by atoms with van der Waals surface area (Å²) in [6.07, 6.45) is 1.62. The van der Waals surface area contributed by atoms with Gasteiger partial charge >= 0.3 is 0 Å². The van der Waals surface area contributed by atoms with Crippen LogP contribution in [-0.2, 0) is 16.8 Å². The van der Waals surface area contributed by atoms with Crippen LogP contribution in [0.25, 0.3) is 10.6 Å². The van der Waals surface area contributed by atoms with Gasteiger partial charge in [0.25, 0.3) is 0 Å². The Balaban J connectivity index is 1.48. The third-order valence-electron chi connectivity index (χ3n) is 4.71. The molecular weight excluding hydrogens is 337 g/mol. The van der Waals surface area contributed by atoms with Crippen LogP contribution in [0.5, 0.6) is 0 Å². The molecule has 2 aromatic heterocycles. The second-order valence-electron chi connectivity index (χ2n) is 6.51. The number of rotatable bonds is 5. The van der Waals surface area contributed by atoms with Crippen molar-refractivity contribution in [2.24, 2.45) is 0 Å². The number of aromatic nitrogens is 2. The van der Waals surface area contributed by atoms with E-state index < -0.39 is 5.41 Å². The first-order valence-corrected chi connectivity index (χ1v) is 9.06. The number of likely N-dealkylation sites (N-methyl/N-ethyl adjacent to an activating group) is 1. The van der Waals surface area contributed by atoms with E-state index in [0.29, 0.717) is 6.54 Å². The van der Waals surface area contributed by atoms with E-state index in [9.17, 15) is 9.18 Å². The van der Waals surface area contributed by atoms with Gasteiger partial charge in [-0.2, -0.15) is 5.10 Å². The second-order valence-corrected chi connectivity index (χ2v) is 7.45. The molecule has 1 saturated carbocycles. The van der Waals surface area contributed by atoms with E-state index in [1.54, 1.807) is 35.4 Å². The Bertz CT molecular complexity index is 882. The summed E-state index contributed by atoms with van der Waals surface area (Å²) in [4.78, 5) is 15.8. The van der Waals surface area contributed by atoms with Crippen LogP contribution in [-0.4, -0.2) is 28.1 Å². The minimum Gasteiger partial charge on any atom is -0.339 e. The Kier molecular flexibility index (Phi) is 3.92. The van der Waals surface area contributed by atoms with E-state index in [4.69, 9.17) is 0 Å². The molecule has 1 aliphatic rings. The summed E-state index contributed by atoms with van der Waals surface area (Å²) in [6.45, 7) is 0.472. The molecule has 4 nitrogen and oxygen atoms in total. The van der Waals surface area contributed by atoms with Gasteiger partial charge in [-0.3, -0.25) is 9.89 Å². The number of hydrogen-bond acceptors (Lipinski definition) is 3. The van der Waals surface area contributed by atoms with Crippen molar-refractivity contribution < 1.29 is 9.18 Å². The molecule has 2 heterocycles. The zero-order valence-corrected chi connectivity index (χ0v) is 14.6. The van der Waals surface area contributed by atoms with Crippen LogP contribution < -0.4 is 0 Å². The molecule has 1 aliphatic carbocycles. The standard InChI is InChI=1S/C19H18FN3OS/c1-23(12-15-11-16(22-21-15)17-3-2-10-25-17)18(24)19(8-9-19)13-4-6-14(20)7-5-13/h2-7,10-11H,8-9,12H2,1H3,(H,21,22). The number of nitrogens with zero attached hydrogens (tertiary/aromatic N) is 2. The largest absolute Gasteiger partial charge is 0.339 e. The molecule has 25 heavy (non-hydrogen) atoms. The van der Waals surface area contributed by atoms with Crippen molar-refractivity contribution in [1.29, 1.82) is 0 Å². The highest BCUT2D eigenvalue weighted by molar-refractivity contribution is 7.13. The van der Waals surface area contributed by atoms with Gasteiger partial charge in [-0.05, 0) is 48.1 Å². The van der Waals surface area contributed by atoms with Crippen LogP contribution in [0, 0.1) is 5.82 Å². The molecule has 4 rings (SSSR count). The molecular formula is C19H18FN3OS. The first-order chi connectivity index (χ1) is 12.1. The molecule has 1 amide bonds. The van der Waals surface area contributed by atoms with Crippen molar-refractivity contribution in [3.8, 4) is 10.6 Å². The molecule has 6 heteroatoms. The molecule has 0 radical (unpaired) electrons. The lowest BCUT2D eigenvalue weighted by Crippen LogP contribution is -2.36. The summed E-state index contributed by atoms with van der Waals surface area (Å²) in [5, 5.41) is 9.35. The lowest BCUT2D eigenvalue weighted by molar-refractivity contribution is -0.133. The molecule has 3 aromatic rings. The van der Waals surface area contributed by atoms with Crippen molar-refractivity contribution in [3.05, 3.63) is 64.9 Å². The number of H-pyrrole nitrogens is 1. The average molecular weight is 355 g/mol. The Morgan fingerprint density at radius 3 is 2.72 bits per heavy atom. The van der Waals surface area contributed by atoms with Crippen LogP contribution in [0.1, 0.15) is 24.1 Å². The summed E-state index contributed by atoms with van der Waals surface area (Å²) in [5.41, 5.74) is 2.20. The number of benzene rings is 1. The minimum absolute atomic E-state index is 0.0754. The third kappa shape index (κ3) is 2.98. The SMILES string of the molecule is CN(Cc1cc(-c2cccs2)n[nH]1)C(=O)C1(c2ccc(F)cc2)CC1. The smallest absolute Gasteiger partial charge is 0.233 e. The quantitative estimate of drug-likeness (QED) is 0.753. The van der Waals surface area contributed by atoms with Crippen LogP contribution in [0.15, 0.2) is 47.8 Å². The fourth-order valence-corrected chi connectivity index (χ4v) is 3.89. The van der Waals surface area contributed by atoms with E-state index in [0.717, 1.165) is 34.7 Å². The molecule has 0 aliphatic heterocycles. The maximum absolute atomic E-state index is 13.2. The van der Waals surface area contributed by atoms with Gasteiger partial charge in [-0.25, -0.2) is 4.39 Å². The number of aromatic amines is 1. The lowest BCUT2D eigenvalue weighted by Gasteiger charge is -2.23. The molecule has 1 aromatic carbocycles. The molecule has 0 unspecified atom stereocenters. The Morgan fingerprint density at radius 2 is 2.08 bits per heavy atom. The van der Waals surface area contributed by atoms with Gasteiger partial charge in [0.15, 0.2) is 0 Å². The predicted octanol–water partition coefficient (Wildman–Crippen LogP) is 3.97. The number of halogens is 1. The average Bonchev–Trinajstić information content (AvgIpc) is 3.02. The van der Waals surface area contributed by atoms with Gasteiger partial charge < -0.3 is 4.90 Å². The highest BCUT2D eigenvalue weighted by Gasteiger charge is 2.52. The molecule has 128 valence electrons. The maximum atomic E-state index is 13.2. The number of hydrogen-bond donors (Lipinski definition) is 1. The van der Waals surface area contributed by atoms with E-state index in [1.165, 1.54) is 12.1 Å². The van der Waals surface area contributed by atoms with E-state index in [-0.39, 0.29) is 11.7 Å². The van der Waals surface area contributed by atoms with E-state index in [1.807, 2.05) is 23.6 Å². The summed E-state index contributed by atoms with van der Waals surface area (Å²) in [7, 11) is 1.80. The molecule has 1 fully saturated rings. The van der Waals surface area contributed by atoms with Crippen molar-refractivity contribution >= 4 is 17.2 Å². The molecule has 1 N–H and O–H groups in total. The fourth-order valence-electron chi connectivity index (χ4n) is 3.21. The molecule has 0 saturated heterocycles. The molecule has 0 bridgehead atoms. The Morgan fingerprint density at radius 1 is 1.32 bits per heavy atom. The minimum atomic E-state index is -0.487. The second kappa shape index (κ2) is 6.11. The van der Waals surface area contributed by atoms with Crippen LogP contribution in [0.2, 0.25) is 0 Å². The normalized spacial score (nSPS) is 15.1. The Labute approximate surface area is 149 Å². The highest BCUT2D eigenvalue weighted by Crippen LogP contribution is 2.49. The fraction of sp³-hybridized carbons (Fsp3) is 0.263. The monoisotopic (exact) mass is 355 g/mol. The number of nitrogens with one attached hydrogen (secondary N) is 1. The van der Waals surface area contributed by atoms with Gasteiger partial charge in [0.05, 0.1) is 22.5 Å². The third-order valence-corrected chi connectivity index (χ3v) is 5.61. The van der Waals surface area contributed by atoms with E-state index in [2.05, 4.69) is 10.2 Å². The van der Waals surface area contributed by atoms with Crippen molar-refractivity contribution in [1.82, 2.24) is 15.1 Å². The van der Waals surface area contributed by atoms with Gasteiger partial charge in [-0.1, -0.05) is 18.2 Å². The summed E-state index contributed by atoms with van der Waals surface area (Å²) >= 11 is 1.63. The zero-order chi connectivity index (χ0) is 17.4. The van der Waals surface area contributed by atoms with Crippen LogP contribution >= 0.6 is 11.3 Å². The number of amides is 1. The molecule has 0 spiro atoms. The van der Waals surface area contributed by atoms with Crippen molar-refractivity contribution in [2.45, 2.75) is 24.8 Å². The van der Waals surface area contributed by atoms with Gasteiger partial charge in [0, 0.05) is 7.05 Å². The summed E-state index contributed by atoms with van der Waals surface area (Å²) in [6, 6.07) is 12.3. The number of carbonyl (C=O) groups is 1. The van der Waals surface area contributed by atoms with Crippen LogP contribution in [0.4, 0.5) is 4.39 Å². The Hall–Kier alpha value is -2.47. The zero-order valence-electron chi connectivity index (χ0n) is 13.8. The maximum Gasteiger partial charge on any atom is 0.233 e. The topological polar surface area (TPSA) is 49.0 Å². The van der Waals surface area contributed by atoms with E-state index >= 15 is 0 Å². The lowest BCUT2D eigenvalue weighted by atomic mass is 9.94. The number of carbonyl (C=O) groups excluding carboxylic acids is 1. The predicted molar refractivity (Wildman–Crippen MR) is 95.7 cm³/mol. The summed E-state index contributed by atoms with van der Waals surface area (Å²) in [5.74, 6) is -0.203. The first-order valence-electron chi connectivity index (χ1n) is 8.18. The highest BCUT2D eigenvalue weighted by atomic mass is 32.1. The number of thiophene rings is 1. The molecule has 0 atom stereocenters. The van der Waals surface area contributed by atoms with Crippen molar-refractivity contribution in [3.63, 3.8) is 0 Å². The van der Waals surface area contributed by atoms with Gasteiger partial charge in [0.2, 0.25) is 5.91 Å². The summed E-state index contributed by atoms with van der Waals surface area (Å²) < 4.78 is 13.2. The first kappa shape index (κ1) is 16.0. The van der Waals surface area contributed by atoms with Crippen molar-refractivity contribution in [2.75, 3.05) is 7.05 Å².